The number of hydrogen-bond donors (Lipinski definition) is 1. The Morgan fingerprint density at radius 2 is 1.77 bits per heavy atom. The summed E-state index contributed by atoms with van der Waals surface area (Å²) in [5, 5.41) is 10.4. The first kappa shape index (κ1) is 17.9. The molecule has 26 heavy (non-hydrogen) atoms. The maximum atomic E-state index is 13.0. The van der Waals surface area contributed by atoms with Crippen LogP contribution in [0.3, 0.4) is 0 Å². The normalized spacial score (nSPS) is 12.0. The van der Waals surface area contributed by atoms with Crippen molar-refractivity contribution in [2.45, 2.75) is 26.2 Å². The number of pyridine rings is 1. The molecule has 0 aliphatic heterocycles. The molecule has 0 saturated heterocycles. The molecular formula is C21H20FNO3. The van der Waals surface area contributed by atoms with Crippen LogP contribution in [0.15, 0.2) is 71.7 Å². The molecular weight excluding hydrogens is 333 g/mol. The van der Waals surface area contributed by atoms with Crippen molar-refractivity contribution >= 4 is 0 Å². The molecule has 0 fully saturated rings. The second-order valence-corrected chi connectivity index (χ2v) is 6.09. The highest BCUT2D eigenvalue weighted by Crippen LogP contribution is 2.19. The lowest BCUT2D eigenvalue weighted by molar-refractivity contribution is 0.154. The highest BCUT2D eigenvalue weighted by molar-refractivity contribution is 5.28. The first-order valence-electron chi connectivity index (χ1n) is 8.35. The number of aliphatic hydroxyl groups excluding tert-OH is 1. The summed E-state index contributed by atoms with van der Waals surface area (Å²) in [5.74, 6) is -0.0836. The minimum atomic E-state index is -0.821. The lowest BCUT2D eigenvalue weighted by atomic mass is 10.1. The summed E-state index contributed by atoms with van der Waals surface area (Å²) in [7, 11) is 0. The van der Waals surface area contributed by atoms with Gasteiger partial charge in [-0.05, 0) is 30.2 Å². The van der Waals surface area contributed by atoms with E-state index in [1.807, 2.05) is 30.3 Å². The minimum Gasteiger partial charge on any atom is -0.483 e. The Bertz CT molecular complexity index is 920. The zero-order valence-electron chi connectivity index (χ0n) is 14.4. The molecule has 4 nitrogen and oxygen atoms in total. The number of rotatable bonds is 6. The van der Waals surface area contributed by atoms with E-state index in [4.69, 9.17) is 4.74 Å². The van der Waals surface area contributed by atoms with E-state index in [9.17, 15) is 14.3 Å². The fourth-order valence-electron chi connectivity index (χ4n) is 2.73. The molecule has 1 aromatic heterocycles. The van der Waals surface area contributed by atoms with Crippen LogP contribution in [0.5, 0.6) is 5.75 Å². The molecule has 1 heterocycles. The monoisotopic (exact) mass is 353 g/mol. The summed E-state index contributed by atoms with van der Waals surface area (Å²) in [4.78, 5) is 12.2. The Kier molecular flexibility index (Phi) is 5.49. The van der Waals surface area contributed by atoms with Gasteiger partial charge in [0.05, 0.1) is 18.3 Å². The number of benzene rings is 2. The van der Waals surface area contributed by atoms with Gasteiger partial charge in [0.1, 0.15) is 12.4 Å². The minimum absolute atomic E-state index is 0.203. The zero-order valence-corrected chi connectivity index (χ0v) is 14.4. The SMILES string of the molecule is Cc1c(OCc2ccccc2)c(=O)ccn1C[C@@H](O)c1ccc(F)cc1. The molecule has 0 aliphatic carbocycles. The van der Waals surface area contributed by atoms with Crippen LogP contribution in [0.25, 0.3) is 0 Å². The van der Waals surface area contributed by atoms with E-state index in [1.54, 1.807) is 29.8 Å². The van der Waals surface area contributed by atoms with Gasteiger partial charge in [0.25, 0.3) is 0 Å². The van der Waals surface area contributed by atoms with Gasteiger partial charge in [0.15, 0.2) is 5.75 Å². The van der Waals surface area contributed by atoms with Crippen LogP contribution in [0.2, 0.25) is 0 Å². The third kappa shape index (κ3) is 4.18. The van der Waals surface area contributed by atoms with Crippen LogP contribution in [0, 0.1) is 12.7 Å². The number of aromatic nitrogens is 1. The maximum absolute atomic E-state index is 13.0. The molecule has 0 saturated carbocycles. The predicted octanol–water partition coefficient (Wildman–Crippen LogP) is 3.61. The number of halogens is 1. The van der Waals surface area contributed by atoms with Crippen molar-refractivity contribution < 1.29 is 14.2 Å². The van der Waals surface area contributed by atoms with Crippen LogP contribution < -0.4 is 10.2 Å². The Morgan fingerprint density at radius 1 is 1.08 bits per heavy atom. The van der Waals surface area contributed by atoms with Gasteiger partial charge >= 0.3 is 0 Å². The van der Waals surface area contributed by atoms with Gasteiger partial charge in [-0.15, -0.1) is 0 Å². The summed E-state index contributed by atoms with van der Waals surface area (Å²) >= 11 is 0. The van der Waals surface area contributed by atoms with E-state index in [2.05, 4.69) is 0 Å². The van der Waals surface area contributed by atoms with Crippen LogP contribution in [-0.2, 0) is 13.2 Å². The van der Waals surface area contributed by atoms with Crippen LogP contribution >= 0.6 is 0 Å². The lowest BCUT2D eigenvalue weighted by Gasteiger charge is -2.18. The molecule has 1 N–H and O–H groups in total. The third-order valence-corrected chi connectivity index (χ3v) is 4.24. The topological polar surface area (TPSA) is 51.5 Å². The zero-order chi connectivity index (χ0) is 18.5. The average Bonchev–Trinajstić information content (AvgIpc) is 2.65. The van der Waals surface area contributed by atoms with Gasteiger partial charge in [0, 0.05) is 12.3 Å². The molecule has 0 radical (unpaired) electrons. The lowest BCUT2D eigenvalue weighted by Crippen LogP contribution is -2.17. The van der Waals surface area contributed by atoms with Gasteiger partial charge in [-0.2, -0.15) is 0 Å². The summed E-state index contributed by atoms with van der Waals surface area (Å²) in [6, 6.07) is 16.7. The summed E-state index contributed by atoms with van der Waals surface area (Å²) in [6.45, 7) is 2.31. The third-order valence-electron chi connectivity index (χ3n) is 4.24. The highest BCUT2D eigenvalue weighted by Gasteiger charge is 2.13. The molecule has 3 aromatic rings. The van der Waals surface area contributed by atoms with E-state index < -0.39 is 6.10 Å². The van der Waals surface area contributed by atoms with Gasteiger partial charge in [-0.1, -0.05) is 42.5 Å². The Morgan fingerprint density at radius 3 is 2.46 bits per heavy atom. The number of ether oxygens (including phenoxy) is 1. The van der Waals surface area contributed by atoms with E-state index in [0.29, 0.717) is 17.9 Å². The number of nitrogens with zero attached hydrogens (tertiary/aromatic N) is 1. The summed E-state index contributed by atoms with van der Waals surface area (Å²) in [6.07, 6.45) is 0.804. The van der Waals surface area contributed by atoms with E-state index in [-0.39, 0.29) is 23.5 Å². The Labute approximate surface area is 151 Å². The second kappa shape index (κ2) is 7.97. The molecule has 3 rings (SSSR count). The van der Waals surface area contributed by atoms with E-state index in [1.165, 1.54) is 18.2 Å². The second-order valence-electron chi connectivity index (χ2n) is 6.09. The molecule has 0 bridgehead atoms. The van der Waals surface area contributed by atoms with Crippen molar-refractivity contribution in [3.8, 4) is 5.75 Å². The van der Waals surface area contributed by atoms with Crippen molar-refractivity contribution in [3.05, 3.63) is 99.7 Å². The van der Waals surface area contributed by atoms with Crippen LogP contribution in [-0.4, -0.2) is 9.67 Å². The van der Waals surface area contributed by atoms with Crippen molar-refractivity contribution in [3.63, 3.8) is 0 Å². The fraction of sp³-hybridized carbons (Fsp3) is 0.190. The first-order valence-corrected chi connectivity index (χ1v) is 8.35. The standard InChI is InChI=1S/C21H20FNO3/c1-15-21(26-14-16-5-3-2-4-6-16)19(24)11-12-23(15)13-20(25)17-7-9-18(22)10-8-17/h2-12,20,25H,13-14H2,1H3/t20-/m1/s1. The van der Waals surface area contributed by atoms with Crippen molar-refractivity contribution in [1.82, 2.24) is 4.57 Å². The predicted molar refractivity (Wildman–Crippen MR) is 97.6 cm³/mol. The molecule has 134 valence electrons. The maximum Gasteiger partial charge on any atom is 0.223 e. The average molecular weight is 353 g/mol. The van der Waals surface area contributed by atoms with E-state index in [0.717, 1.165) is 5.56 Å². The Hall–Kier alpha value is -2.92. The number of hydrogen-bond acceptors (Lipinski definition) is 3. The van der Waals surface area contributed by atoms with Crippen LogP contribution in [0.4, 0.5) is 4.39 Å². The number of aliphatic hydroxyl groups is 1. The van der Waals surface area contributed by atoms with E-state index >= 15 is 0 Å². The largest absolute Gasteiger partial charge is 0.483 e. The molecule has 0 spiro atoms. The Balaban J connectivity index is 1.78. The molecule has 0 unspecified atom stereocenters. The van der Waals surface area contributed by atoms with Crippen molar-refractivity contribution in [1.29, 1.82) is 0 Å². The quantitative estimate of drug-likeness (QED) is 0.737. The first-order chi connectivity index (χ1) is 12.5. The molecule has 5 heteroatoms. The molecule has 2 aromatic carbocycles. The van der Waals surface area contributed by atoms with Gasteiger partial charge in [-0.3, -0.25) is 4.79 Å². The van der Waals surface area contributed by atoms with Crippen molar-refractivity contribution in [2.24, 2.45) is 0 Å². The molecule has 0 amide bonds. The van der Waals surface area contributed by atoms with Gasteiger partial charge < -0.3 is 14.4 Å². The molecule has 0 aliphatic rings. The smallest absolute Gasteiger partial charge is 0.223 e. The molecule has 1 atom stereocenters. The highest BCUT2D eigenvalue weighted by atomic mass is 19.1. The summed E-state index contributed by atoms with van der Waals surface area (Å²) < 4.78 is 20.5. The fourth-order valence-corrected chi connectivity index (χ4v) is 2.73. The van der Waals surface area contributed by atoms with Crippen molar-refractivity contribution in [2.75, 3.05) is 0 Å². The summed E-state index contributed by atoms with van der Waals surface area (Å²) in [5.41, 5.74) is 2.00. The van der Waals surface area contributed by atoms with Gasteiger partial charge in [-0.25, -0.2) is 4.39 Å². The van der Waals surface area contributed by atoms with Gasteiger partial charge in [0.2, 0.25) is 5.43 Å². The van der Waals surface area contributed by atoms with Crippen LogP contribution in [0.1, 0.15) is 22.9 Å².